The summed E-state index contributed by atoms with van der Waals surface area (Å²) in [7, 11) is 2.98. The number of amides is 1. The Labute approximate surface area is 181 Å². The zero-order valence-electron chi connectivity index (χ0n) is 18.3. The largest absolute Gasteiger partial charge is 0.497 e. The van der Waals surface area contributed by atoms with Gasteiger partial charge in [-0.05, 0) is 42.5 Å². The molecule has 8 heteroatoms. The minimum Gasteiger partial charge on any atom is -0.497 e. The molecule has 1 amide bonds. The standard InChI is InChI=1S/C23H27NO7/c1-23(2,3)20(25)13-31-22(27)15-6-11-18(19(12-15)29-5)30-14-21(26)24-16-7-9-17(28-4)10-8-16/h6-12H,13-14H2,1-5H3,(H,24,26). The summed E-state index contributed by atoms with van der Waals surface area (Å²) < 4.78 is 20.9. The van der Waals surface area contributed by atoms with E-state index in [1.54, 1.807) is 52.1 Å². The van der Waals surface area contributed by atoms with Gasteiger partial charge in [0.1, 0.15) is 5.75 Å². The molecule has 0 aromatic heterocycles. The monoisotopic (exact) mass is 429 g/mol. The topological polar surface area (TPSA) is 100 Å². The number of Topliss-reactive ketones (excluding diaryl/α,β-unsaturated/α-hetero) is 1. The second-order valence-corrected chi connectivity index (χ2v) is 7.68. The number of rotatable bonds is 9. The third kappa shape index (κ3) is 7.02. The van der Waals surface area contributed by atoms with Crippen molar-refractivity contribution in [2.75, 3.05) is 32.8 Å². The zero-order chi connectivity index (χ0) is 23.0. The number of carbonyl (C=O) groups is 3. The van der Waals surface area contributed by atoms with Gasteiger partial charge in [0.05, 0.1) is 19.8 Å². The van der Waals surface area contributed by atoms with E-state index in [1.165, 1.54) is 25.3 Å². The maximum Gasteiger partial charge on any atom is 0.338 e. The summed E-state index contributed by atoms with van der Waals surface area (Å²) in [5, 5.41) is 2.70. The van der Waals surface area contributed by atoms with Crippen LogP contribution < -0.4 is 19.5 Å². The highest BCUT2D eigenvalue weighted by Crippen LogP contribution is 2.28. The molecule has 2 aromatic carbocycles. The molecule has 31 heavy (non-hydrogen) atoms. The number of benzene rings is 2. The van der Waals surface area contributed by atoms with Gasteiger partial charge in [0.15, 0.2) is 30.5 Å². The van der Waals surface area contributed by atoms with Crippen LogP contribution in [-0.2, 0) is 14.3 Å². The molecule has 0 fully saturated rings. The lowest BCUT2D eigenvalue weighted by Gasteiger charge is -2.16. The Balaban J connectivity index is 1.95. The number of methoxy groups -OCH3 is 2. The summed E-state index contributed by atoms with van der Waals surface area (Å²) in [4.78, 5) is 36.3. The Hall–Kier alpha value is -3.55. The molecule has 0 saturated carbocycles. The van der Waals surface area contributed by atoms with E-state index in [4.69, 9.17) is 18.9 Å². The van der Waals surface area contributed by atoms with Crippen molar-refractivity contribution in [3.63, 3.8) is 0 Å². The predicted molar refractivity (Wildman–Crippen MR) is 115 cm³/mol. The van der Waals surface area contributed by atoms with E-state index in [9.17, 15) is 14.4 Å². The minimum absolute atomic E-state index is 0.185. The summed E-state index contributed by atoms with van der Waals surface area (Å²) in [5.41, 5.74) is 0.208. The molecule has 0 unspecified atom stereocenters. The molecule has 0 heterocycles. The summed E-state index contributed by atoms with van der Waals surface area (Å²) >= 11 is 0. The Morgan fingerprint density at radius 3 is 2.13 bits per heavy atom. The first-order valence-electron chi connectivity index (χ1n) is 9.59. The van der Waals surface area contributed by atoms with Crippen molar-refractivity contribution in [2.45, 2.75) is 20.8 Å². The van der Waals surface area contributed by atoms with E-state index in [2.05, 4.69) is 5.32 Å². The Morgan fingerprint density at radius 2 is 1.55 bits per heavy atom. The quantitative estimate of drug-likeness (QED) is 0.609. The summed E-state index contributed by atoms with van der Waals surface area (Å²) in [6.45, 7) is 4.69. The number of ether oxygens (including phenoxy) is 4. The summed E-state index contributed by atoms with van der Waals surface area (Å²) in [5.74, 6) is 0.0238. The fourth-order valence-corrected chi connectivity index (χ4v) is 2.36. The first-order valence-corrected chi connectivity index (χ1v) is 9.59. The van der Waals surface area contributed by atoms with E-state index >= 15 is 0 Å². The molecule has 0 spiro atoms. The third-order valence-electron chi connectivity index (χ3n) is 4.30. The van der Waals surface area contributed by atoms with Crippen LogP contribution in [0.5, 0.6) is 17.2 Å². The highest BCUT2D eigenvalue weighted by atomic mass is 16.5. The zero-order valence-corrected chi connectivity index (χ0v) is 18.3. The van der Waals surface area contributed by atoms with Crippen LogP contribution in [0.4, 0.5) is 5.69 Å². The van der Waals surface area contributed by atoms with Crippen LogP contribution in [0.25, 0.3) is 0 Å². The molecular formula is C23H27NO7. The SMILES string of the molecule is COc1ccc(NC(=O)COc2ccc(C(=O)OCC(=O)C(C)(C)C)cc2OC)cc1. The fraction of sp³-hybridized carbons (Fsp3) is 0.348. The number of anilines is 1. The van der Waals surface area contributed by atoms with Gasteiger partial charge in [0.25, 0.3) is 5.91 Å². The lowest BCUT2D eigenvalue weighted by molar-refractivity contribution is -0.129. The molecule has 1 N–H and O–H groups in total. The van der Waals surface area contributed by atoms with Gasteiger partial charge in [0, 0.05) is 11.1 Å². The van der Waals surface area contributed by atoms with Gasteiger partial charge in [-0.25, -0.2) is 4.79 Å². The lowest BCUT2D eigenvalue weighted by Crippen LogP contribution is -2.26. The van der Waals surface area contributed by atoms with Crippen molar-refractivity contribution >= 4 is 23.3 Å². The predicted octanol–water partition coefficient (Wildman–Crippen LogP) is 3.49. The van der Waals surface area contributed by atoms with Crippen molar-refractivity contribution in [3.8, 4) is 17.2 Å². The number of ketones is 1. The molecule has 0 aliphatic carbocycles. The Morgan fingerprint density at radius 1 is 0.871 bits per heavy atom. The van der Waals surface area contributed by atoms with Gasteiger partial charge in [-0.3, -0.25) is 9.59 Å². The summed E-state index contributed by atoms with van der Waals surface area (Å²) in [6.07, 6.45) is 0. The number of carbonyl (C=O) groups excluding carboxylic acids is 3. The van der Waals surface area contributed by atoms with Crippen LogP contribution in [0.15, 0.2) is 42.5 Å². The van der Waals surface area contributed by atoms with Crippen molar-refractivity contribution < 1.29 is 33.3 Å². The lowest BCUT2D eigenvalue weighted by atomic mass is 9.91. The average Bonchev–Trinajstić information content (AvgIpc) is 2.75. The normalized spacial score (nSPS) is 10.7. The van der Waals surface area contributed by atoms with Gasteiger partial charge < -0.3 is 24.3 Å². The molecule has 8 nitrogen and oxygen atoms in total. The highest BCUT2D eigenvalue weighted by molar-refractivity contribution is 5.93. The van der Waals surface area contributed by atoms with Crippen molar-refractivity contribution in [1.82, 2.24) is 0 Å². The number of esters is 1. The van der Waals surface area contributed by atoms with Crippen LogP contribution in [0, 0.1) is 5.41 Å². The smallest absolute Gasteiger partial charge is 0.338 e. The highest BCUT2D eigenvalue weighted by Gasteiger charge is 2.23. The van der Waals surface area contributed by atoms with E-state index < -0.39 is 11.4 Å². The van der Waals surface area contributed by atoms with Crippen molar-refractivity contribution in [1.29, 1.82) is 0 Å². The molecular weight excluding hydrogens is 402 g/mol. The van der Waals surface area contributed by atoms with Crippen LogP contribution in [0.2, 0.25) is 0 Å². The Bertz CT molecular complexity index is 930. The van der Waals surface area contributed by atoms with Crippen LogP contribution in [0.3, 0.4) is 0 Å². The van der Waals surface area contributed by atoms with Crippen molar-refractivity contribution in [2.24, 2.45) is 5.41 Å². The van der Waals surface area contributed by atoms with Gasteiger partial charge in [-0.15, -0.1) is 0 Å². The van der Waals surface area contributed by atoms with Gasteiger partial charge in [0.2, 0.25) is 0 Å². The second kappa shape index (κ2) is 10.5. The molecule has 0 bridgehead atoms. The van der Waals surface area contributed by atoms with E-state index in [0.29, 0.717) is 11.4 Å². The number of hydrogen-bond acceptors (Lipinski definition) is 7. The first kappa shape index (κ1) is 23.7. The molecule has 0 radical (unpaired) electrons. The molecule has 2 aromatic rings. The van der Waals surface area contributed by atoms with E-state index in [0.717, 1.165) is 0 Å². The fourth-order valence-electron chi connectivity index (χ4n) is 2.36. The van der Waals surface area contributed by atoms with Crippen LogP contribution >= 0.6 is 0 Å². The third-order valence-corrected chi connectivity index (χ3v) is 4.30. The second-order valence-electron chi connectivity index (χ2n) is 7.68. The van der Waals surface area contributed by atoms with E-state index in [-0.39, 0.29) is 42.0 Å². The number of nitrogens with one attached hydrogen (secondary N) is 1. The maximum absolute atomic E-state index is 12.2. The van der Waals surface area contributed by atoms with Gasteiger partial charge in [-0.2, -0.15) is 0 Å². The average molecular weight is 429 g/mol. The molecule has 0 atom stereocenters. The first-order chi connectivity index (χ1) is 14.6. The van der Waals surface area contributed by atoms with Crippen molar-refractivity contribution in [3.05, 3.63) is 48.0 Å². The minimum atomic E-state index is -0.653. The summed E-state index contributed by atoms with van der Waals surface area (Å²) in [6, 6.07) is 11.3. The Kier molecular flexibility index (Phi) is 8.01. The molecule has 0 aliphatic rings. The maximum atomic E-state index is 12.2. The molecule has 0 aliphatic heterocycles. The van der Waals surface area contributed by atoms with Gasteiger partial charge >= 0.3 is 5.97 Å². The van der Waals surface area contributed by atoms with Crippen LogP contribution in [0.1, 0.15) is 31.1 Å². The molecule has 0 saturated heterocycles. The van der Waals surface area contributed by atoms with Gasteiger partial charge in [-0.1, -0.05) is 20.8 Å². The molecule has 166 valence electrons. The van der Waals surface area contributed by atoms with Crippen LogP contribution in [-0.4, -0.2) is 45.1 Å². The molecule has 2 rings (SSSR count). The van der Waals surface area contributed by atoms with E-state index in [1.807, 2.05) is 0 Å². The number of hydrogen-bond donors (Lipinski definition) is 1.